The van der Waals surface area contributed by atoms with Crippen LogP contribution in [-0.4, -0.2) is 49.7 Å². The Hall–Kier alpha value is -1.02. The predicted molar refractivity (Wildman–Crippen MR) is 127 cm³/mol. The van der Waals surface area contributed by atoms with Gasteiger partial charge in [0.1, 0.15) is 12.5 Å². The first-order valence-electron chi connectivity index (χ1n) is 13.2. The number of allylic oxidation sites excluding steroid dienone is 1. The zero-order chi connectivity index (χ0) is 22.3. The molecule has 0 aromatic heterocycles. The van der Waals surface area contributed by atoms with Gasteiger partial charge in [0.2, 0.25) is 5.91 Å². The van der Waals surface area contributed by atoms with Crippen molar-refractivity contribution in [1.82, 2.24) is 26.6 Å². The van der Waals surface area contributed by atoms with Crippen molar-refractivity contribution in [3.05, 3.63) is 11.6 Å². The molecule has 1 heterocycles. The first-order chi connectivity index (χ1) is 15.6. The van der Waals surface area contributed by atoms with Crippen molar-refractivity contribution in [2.75, 3.05) is 13.1 Å². The molecule has 3 aliphatic carbocycles. The Morgan fingerprint density at radius 2 is 1.94 bits per heavy atom. The number of halogens is 1. The highest BCUT2D eigenvalue weighted by molar-refractivity contribution is 5.78. The van der Waals surface area contributed by atoms with Gasteiger partial charge < -0.3 is 5.32 Å². The van der Waals surface area contributed by atoms with Crippen LogP contribution in [0.4, 0.5) is 4.39 Å². The maximum atomic E-state index is 14.1. The van der Waals surface area contributed by atoms with E-state index in [1.165, 1.54) is 24.8 Å². The molecule has 7 heteroatoms. The zero-order valence-electron chi connectivity index (χ0n) is 19.8. The maximum Gasteiger partial charge on any atom is 0.223 e. The maximum absolute atomic E-state index is 14.1. The van der Waals surface area contributed by atoms with Crippen molar-refractivity contribution in [3.8, 4) is 0 Å². The average Bonchev–Trinajstić information content (AvgIpc) is 2.79. The summed E-state index contributed by atoms with van der Waals surface area (Å²) in [5.41, 5.74) is 1.48. The average molecular weight is 450 g/mol. The van der Waals surface area contributed by atoms with Crippen LogP contribution < -0.4 is 26.6 Å². The van der Waals surface area contributed by atoms with Crippen molar-refractivity contribution in [2.24, 2.45) is 11.8 Å². The van der Waals surface area contributed by atoms with Crippen molar-refractivity contribution < 1.29 is 9.18 Å². The van der Waals surface area contributed by atoms with E-state index in [9.17, 15) is 9.18 Å². The van der Waals surface area contributed by atoms with Crippen LogP contribution in [0.15, 0.2) is 11.6 Å². The van der Waals surface area contributed by atoms with Gasteiger partial charge in [0.05, 0.1) is 6.17 Å². The molecule has 0 spiro atoms. The van der Waals surface area contributed by atoms with Crippen molar-refractivity contribution in [3.63, 3.8) is 0 Å². The summed E-state index contributed by atoms with van der Waals surface area (Å²) in [4.78, 5) is 12.8. The predicted octanol–water partition coefficient (Wildman–Crippen LogP) is 3.06. The third-order valence-electron chi connectivity index (χ3n) is 7.94. The van der Waals surface area contributed by atoms with Crippen LogP contribution in [0.1, 0.15) is 84.0 Å². The Morgan fingerprint density at radius 1 is 1.06 bits per heavy atom. The monoisotopic (exact) mass is 449 g/mol. The number of rotatable bonds is 7. The summed E-state index contributed by atoms with van der Waals surface area (Å²) in [5.74, 6) is 0.191. The van der Waals surface area contributed by atoms with Crippen LogP contribution in [0, 0.1) is 11.8 Å². The quantitative estimate of drug-likeness (QED) is 0.386. The van der Waals surface area contributed by atoms with Crippen molar-refractivity contribution in [1.29, 1.82) is 0 Å². The molecular formula is C25H44FN5O. The third-order valence-corrected chi connectivity index (χ3v) is 7.94. The van der Waals surface area contributed by atoms with Gasteiger partial charge in [-0.05, 0) is 64.7 Å². The number of carbonyl (C=O) groups excluding carboxylic acids is 1. The van der Waals surface area contributed by atoms with Crippen LogP contribution in [0.5, 0.6) is 0 Å². The molecule has 0 bridgehead atoms. The van der Waals surface area contributed by atoms with E-state index in [1.54, 1.807) is 0 Å². The fourth-order valence-corrected chi connectivity index (χ4v) is 6.04. The Balaban J connectivity index is 1.20. The minimum absolute atomic E-state index is 0.0105. The summed E-state index contributed by atoms with van der Waals surface area (Å²) in [6.07, 6.45) is 14.4. The minimum Gasteiger partial charge on any atom is -0.355 e. The Labute approximate surface area is 193 Å². The highest BCUT2D eigenvalue weighted by atomic mass is 19.1. The molecule has 1 amide bonds. The van der Waals surface area contributed by atoms with Gasteiger partial charge in [0.15, 0.2) is 0 Å². The lowest BCUT2D eigenvalue weighted by atomic mass is 9.84. The number of carbonyl (C=O) groups is 1. The number of nitrogens with one attached hydrogen (secondary N) is 5. The third kappa shape index (κ3) is 6.99. The highest BCUT2D eigenvalue weighted by Crippen LogP contribution is 2.28. The second-order valence-corrected chi connectivity index (χ2v) is 10.6. The van der Waals surface area contributed by atoms with Gasteiger partial charge in [0.25, 0.3) is 0 Å². The van der Waals surface area contributed by atoms with E-state index >= 15 is 0 Å². The lowest BCUT2D eigenvalue weighted by Crippen LogP contribution is -2.66. The molecular weight excluding hydrogens is 405 g/mol. The van der Waals surface area contributed by atoms with Crippen molar-refractivity contribution in [2.45, 2.75) is 115 Å². The molecule has 182 valence electrons. The van der Waals surface area contributed by atoms with Crippen LogP contribution >= 0.6 is 0 Å². The molecule has 4 aliphatic rings. The van der Waals surface area contributed by atoms with E-state index in [-0.39, 0.29) is 30.2 Å². The standard InChI is InChI=1S/C25H44FN5O/c1-17-6-4-9-20(14-17)30-25-27-13-12-23(31-25)29-21-10-5-8-18(15-21)24(32)28-16-19-7-2-3-11-22(19)26/h14,18-23,25,27,29-31H,2-13,15-16H2,1H3,(H,28,32). The lowest BCUT2D eigenvalue weighted by molar-refractivity contribution is -0.126. The van der Waals surface area contributed by atoms with Gasteiger partial charge in [-0.25, -0.2) is 4.39 Å². The molecule has 3 fully saturated rings. The largest absolute Gasteiger partial charge is 0.355 e. The number of hydrogen-bond donors (Lipinski definition) is 5. The van der Waals surface area contributed by atoms with E-state index < -0.39 is 6.17 Å². The van der Waals surface area contributed by atoms with Gasteiger partial charge in [-0.1, -0.05) is 30.9 Å². The van der Waals surface area contributed by atoms with E-state index in [0.717, 1.165) is 57.9 Å². The minimum atomic E-state index is -0.745. The lowest BCUT2D eigenvalue weighted by Gasteiger charge is -2.39. The van der Waals surface area contributed by atoms with Gasteiger partial charge in [-0.3, -0.25) is 26.1 Å². The Bertz CT molecular complexity index is 644. The highest BCUT2D eigenvalue weighted by Gasteiger charge is 2.31. The summed E-state index contributed by atoms with van der Waals surface area (Å²) in [6, 6.07) is 0.791. The molecule has 0 aromatic rings. The van der Waals surface area contributed by atoms with Gasteiger partial charge in [-0.2, -0.15) is 0 Å². The number of amides is 1. The molecule has 1 saturated heterocycles. The molecule has 32 heavy (non-hydrogen) atoms. The van der Waals surface area contributed by atoms with Gasteiger partial charge >= 0.3 is 0 Å². The summed E-state index contributed by atoms with van der Waals surface area (Å²) >= 11 is 0. The fraction of sp³-hybridized carbons (Fsp3) is 0.880. The summed E-state index contributed by atoms with van der Waals surface area (Å²) in [5, 5.41) is 17.8. The van der Waals surface area contributed by atoms with Crippen LogP contribution in [0.25, 0.3) is 0 Å². The Morgan fingerprint density at radius 3 is 2.78 bits per heavy atom. The van der Waals surface area contributed by atoms with Gasteiger partial charge in [-0.15, -0.1) is 0 Å². The van der Waals surface area contributed by atoms with Crippen LogP contribution in [-0.2, 0) is 4.79 Å². The molecule has 5 N–H and O–H groups in total. The second kappa shape index (κ2) is 11.9. The molecule has 7 atom stereocenters. The number of alkyl halides is 1. The zero-order valence-corrected chi connectivity index (χ0v) is 19.8. The van der Waals surface area contributed by atoms with E-state index in [1.807, 2.05) is 0 Å². The first kappa shape index (κ1) is 24.1. The molecule has 4 rings (SSSR count). The first-order valence-corrected chi connectivity index (χ1v) is 13.2. The van der Waals surface area contributed by atoms with E-state index in [2.05, 4.69) is 39.6 Å². The van der Waals surface area contributed by atoms with Crippen LogP contribution in [0.3, 0.4) is 0 Å². The molecule has 6 nitrogen and oxygen atoms in total. The SMILES string of the molecule is CC1=CC(NC2NCCC(NC3CCCC(C(=O)NCC4CCCCC4F)C3)N2)CCC1. The van der Waals surface area contributed by atoms with Crippen molar-refractivity contribution >= 4 is 5.91 Å². The molecule has 0 radical (unpaired) electrons. The summed E-state index contributed by atoms with van der Waals surface area (Å²) in [6.45, 7) is 3.70. The van der Waals surface area contributed by atoms with Gasteiger partial charge in [0, 0.05) is 37.0 Å². The number of hydrogen-bond acceptors (Lipinski definition) is 5. The van der Waals surface area contributed by atoms with E-state index in [4.69, 9.17) is 0 Å². The molecule has 2 saturated carbocycles. The normalized spacial score (nSPS) is 38.7. The summed E-state index contributed by atoms with van der Waals surface area (Å²) in [7, 11) is 0. The smallest absolute Gasteiger partial charge is 0.223 e. The fourth-order valence-electron chi connectivity index (χ4n) is 6.04. The molecule has 0 aromatic carbocycles. The van der Waals surface area contributed by atoms with Crippen LogP contribution in [0.2, 0.25) is 0 Å². The second-order valence-electron chi connectivity index (χ2n) is 10.6. The molecule has 1 aliphatic heterocycles. The van der Waals surface area contributed by atoms with E-state index in [0.29, 0.717) is 25.0 Å². The summed E-state index contributed by atoms with van der Waals surface area (Å²) < 4.78 is 14.1. The Kier molecular flexibility index (Phi) is 8.98. The molecule has 7 unspecified atom stereocenters. The topological polar surface area (TPSA) is 77.2 Å².